The highest BCUT2D eigenvalue weighted by molar-refractivity contribution is 5.76. The van der Waals surface area contributed by atoms with Crippen LogP contribution in [0.5, 0.6) is 0 Å². The molecule has 78 valence electrons. The Balaban J connectivity index is 3.87. The van der Waals surface area contributed by atoms with Crippen molar-refractivity contribution < 1.29 is 4.79 Å². The Kier molecular flexibility index (Phi) is 5.71. The normalized spacial score (nSPS) is 11.4. The van der Waals surface area contributed by atoms with E-state index in [4.69, 9.17) is 0 Å². The van der Waals surface area contributed by atoms with E-state index in [1.54, 1.807) is 0 Å². The third-order valence-corrected chi connectivity index (χ3v) is 2.60. The van der Waals surface area contributed by atoms with E-state index in [0.717, 1.165) is 19.4 Å². The second kappa shape index (κ2) is 5.97. The lowest BCUT2D eigenvalue weighted by Gasteiger charge is -2.28. The summed E-state index contributed by atoms with van der Waals surface area (Å²) in [5.41, 5.74) is -0.0230. The summed E-state index contributed by atoms with van der Waals surface area (Å²) >= 11 is 0. The Hall–Kier alpha value is -0.570. The highest BCUT2D eigenvalue weighted by atomic mass is 16.1. The molecule has 13 heavy (non-hydrogen) atoms. The Morgan fingerprint density at radius 3 is 2.23 bits per heavy atom. The Bertz CT molecular complexity index is 153. The number of hydrogen-bond acceptors (Lipinski definition) is 2. The first-order chi connectivity index (χ1) is 6.08. The number of hydrogen-bond donors (Lipinski definition) is 2. The van der Waals surface area contributed by atoms with Crippen LogP contribution in [0.3, 0.4) is 0 Å². The van der Waals surface area contributed by atoms with Gasteiger partial charge in [0.2, 0.25) is 5.91 Å². The minimum Gasteiger partial charge on any atom is -0.351 e. The average molecular weight is 186 g/mol. The molecule has 1 amide bonds. The van der Waals surface area contributed by atoms with E-state index in [9.17, 15) is 4.79 Å². The lowest BCUT2D eigenvalue weighted by atomic mass is 9.95. The lowest BCUT2D eigenvalue weighted by Crippen LogP contribution is -2.45. The summed E-state index contributed by atoms with van der Waals surface area (Å²) < 4.78 is 0. The molecule has 0 aromatic carbocycles. The first-order valence-corrected chi connectivity index (χ1v) is 5.03. The molecule has 0 spiro atoms. The summed E-state index contributed by atoms with van der Waals surface area (Å²) in [7, 11) is 1.85. The molecule has 0 aromatic rings. The van der Waals surface area contributed by atoms with E-state index in [1.165, 1.54) is 0 Å². The van der Waals surface area contributed by atoms with Gasteiger partial charge in [-0.3, -0.25) is 4.79 Å². The summed E-state index contributed by atoms with van der Waals surface area (Å²) in [4.78, 5) is 11.4. The van der Waals surface area contributed by atoms with E-state index in [2.05, 4.69) is 31.4 Å². The summed E-state index contributed by atoms with van der Waals surface area (Å²) in [6.45, 7) is 7.03. The Labute approximate surface area is 81.3 Å². The minimum atomic E-state index is -0.0230. The first-order valence-electron chi connectivity index (χ1n) is 5.03. The molecule has 0 aliphatic carbocycles. The van der Waals surface area contributed by atoms with Gasteiger partial charge in [0.25, 0.3) is 0 Å². The highest BCUT2D eigenvalue weighted by Gasteiger charge is 2.20. The molecule has 2 N–H and O–H groups in total. The largest absolute Gasteiger partial charge is 0.351 e. The third-order valence-electron chi connectivity index (χ3n) is 2.60. The van der Waals surface area contributed by atoms with Gasteiger partial charge < -0.3 is 10.6 Å². The van der Waals surface area contributed by atoms with Crippen LogP contribution >= 0.6 is 0 Å². The van der Waals surface area contributed by atoms with Crippen LogP contribution in [0.1, 0.15) is 40.0 Å². The molecule has 0 saturated heterocycles. The van der Waals surface area contributed by atoms with Crippen molar-refractivity contribution in [1.29, 1.82) is 0 Å². The molecular formula is C10H22N2O. The van der Waals surface area contributed by atoms with Crippen molar-refractivity contribution in [2.75, 3.05) is 13.6 Å². The minimum absolute atomic E-state index is 0.0230. The number of carbonyl (C=O) groups excluding carboxylic acids is 1. The van der Waals surface area contributed by atoms with E-state index in [0.29, 0.717) is 6.42 Å². The summed E-state index contributed by atoms with van der Waals surface area (Å²) in [5, 5.41) is 6.01. The van der Waals surface area contributed by atoms with Crippen molar-refractivity contribution in [2.24, 2.45) is 0 Å². The van der Waals surface area contributed by atoms with E-state index >= 15 is 0 Å². The SMILES string of the molecule is CCC(C)(CC)NC(=O)CCNC. The van der Waals surface area contributed by atoms with Crippen LogP contribution in [0.2, 0.25) is 0 Å². The van der Waals surface area contributed by atoms with Gasteiger partial charge in [-0.1, -0.05) is 13.8 Å². The molecule has 0 radical (unpaired) electrons. The molecule has 0 bridgehead atoms. The fourth-order valence-corrected chi connectivity index (χ4v) is 1.06. The van der Waals surface area contributed by atoms with Crippen molar-refractivity contribution >= 4 is 5.91 Å². The van der Waals surface area contributed by atoms with Crippen LogP contribution in [-0.2, 0) is 4.79 Å². The maximum absolute atomic E-state index is 11.4. The molecule has 0 aromatic heterocycles. The predicted octanol–water partition coefficient (Wildman–Crippen LogP) is 1.29. The van der Waals surface area contributed by atoms with Gasteiger partial charge in [-0.25, -0.2) is 0 Å². The maximum atomic E-state index is 11.4. The molecule has 0 unspecified atom stereocenters. The van der Waals surface area contributed by atoms with Gasteiger partial charge in [-0.2, -0.15) is 0 Å². The molecule has 3 nitrogen and oxygen atoms in total. The molecular weight excluding hydrogens is 164 g/mol. The zero-order valence-corrected chi connectivity index (χ0v) is 9.24. The molecule has 0 aliphatic rings. The summed E-state index contributed by atoms with van der Waals surface area (Å²) in [6.07, 6.45) is 2.52. The van der Waals surface area contributed by atoms with Gasteiger partial charge in [-0.15, -0.1) is 0 Å². The van der Waals surface area contributed by atoms with Crippen molar-refractivity contribution in [3.8, 4) is 0 Å². The quantitative estimate of drug-likeness (QED) is 0.656. The first kappa shape index (κ1) is 12.4. The molecule has 0 fully saturated rings. The van der Waals surface area contributed by atoms with Gasteiger partial charge in [0.05, 0.1) is 0 Å². The fourth-order valence-electron chi connectivity index (χ4n) is 1.06. The van der Waals surface area contributed by atoms with Crippen LogP contribution in [0.15, 0.2) is 0 Å². The zero-order valence-electron chi connectivity index (χ0n) is 9.24. The van der Waals surface area contributed by atoms with Gasteiger partial charge >= 0.3 is 0 Å². The molecule has 0 heterocycles. The summed E-state index contributed by atoms with van der Waals surface area (Å²) in [6, 6.07) is 0. The number of carbonyl (C=O) groups is 1. The number of amides is 1. The zero-order chi connectivity index (χ0) is 10.3. The Morgan fingerprint density at radius 2 is 1.85 bits per heavy atom. The smallest absolute Gasteiger partial charge is 0.221 e. The van der Waals surface area contributed by atoms with Crippen LogP contribution in [0.25, 0.3) is 0 Å². The van der Waals surface area contributed by atoms with Crippen molar-refractivity contribution in [3.63, 3.8) is 0 Å². The Morgan fingerprint density at radius 1 is 1.31 bits per heavy atom. The maximum Gasteiger partial charge on any atom is 0.221 e. The molecule has 0 aliphatic heterocycles. The van der Waals surface area contributed by atoms with Crippen molar-refractivity contribution in [1.82, 2.24) is 10.6 Å². The third kappa shape index (κ3) is 4.88. The lowest BCUT2D eigenvalue weighted by molar-refractivity contribution is -0.122. The van der Waals surface area contributed by atoms with Gasteiger partial charge in [-0.05, 0) is 26.8 Å². The fraction of sp³-hybridized carbons (Fsp3) is 0.900. The van der Waals surface area contributed by atoms with Crippen LogP contribution in [0.4, 0.5) is 0 Å². The van der Waals surface area contributed by atoms with Crippen LogP contribution in [0, 0.1) is 0 Å². The molecule has 0 saturated carbocycles. The molecule has 0 rings (SSSR count). The van der Waals surface area contributed by atoms with Gasteiger partial charge in [0.15, 0.2) is 0 Å². The van der Waals surface area contributed by atoms with Crippen molar-refractivity contribution in [2.45, 2.75) is 45.6 Å². The molecule has 3 heteroatoms. The monoisotopic (exact) mass is 186 g/mol. The topological polar surface area (TPSA) is 41.1 Å². The number of rotatable bonds is 6. The average Bonchev–Trinajstić information content (AvgIpc) is 2.14. The standard InChI is InChI=1S/C10H22N2O/c1-5-10(3,6-2)12-9(13)7-8-11-4/h11H,5-8H2,1-4H3,(H,12,13). The van der Waals surface area contributed by atoms with E-state index in [1.807, 2.05) is 7.05 Å². The van der Waals surface area contributed by atoms with Crippen molar-refractivity contribution in [3.05, 3.63) is 0 Å². The van der Waals surface area contributed by atoms with Gasteiger partial charge in [0, 0.05) is 18.5 Å². The van der Waals surface area contributed by atoms with E-state index < -0.39 is 0 Å². The predicted molar refractivity (Wildman–Crippen MR) is 55.7 cm³/mol. The summed E-state index contributed by atoms with van der Waals surface area (Å²) in [5.74, 6) is 0.139. The van der Waals surface area contributed by atoms with Crippen LogP contribution in [-0.4, -0.2) is 25.0 Å². The molecule has 0 atom stereocenters. The number of nitrogens with one attached hydrogen (secondary N) is 2. The second-order valence-corrected chi connectivity index (χ2v) is 3.67. The van der Waals surface area contributed by atoms with Crippen LogP contribution < -0.4 is 10.6 Å². The second-order valence-electron chi connectivity index (χ2n) is 3.67. The van der Waals surface area contributed by atoms with E-state index in [-0.39, 0.29) is 11.4 Å². The van der Waals surface area contributed by atoms with Gasteiger partial charge in [0.1, 0.15) is 0 Å². The highest BCUT2D eigenvalue weighted by Crippen LogP contribution is 2.13.